The normalized spacial score (nSPS) is 17.8. The molecule has 4 nitrogen and oxygen atoms in total. The van der Waals surface area contributed by atoms with Gasteiger partial charge in [-0.1, -0.05) is 26.7 Å². The van der Waals surface area contributed by atoms with Gasteiger partial charge in [0.05, 0.1) is 0 Å². The van der Waals surface area contributed by atoms with Crippen molar-refractivity contribution in [1.29, 1.82) is 0 Å². The molecule has 0 spiro atoms. The van der Waals surface area contributed by atoms with Crippen LogP contribution in [0.5, 0.6) is 0 Å². The lowest BCUT2D eigenvalue weighted by Gasteiger charge is -2.17. The zero-order chi connectivity index (χ0) is 13.5. The smallest absolute Gasteiger partial charge is 0.242 e. The van der Waals surface area contributed by atoms with Gasteiger partial charge in [-0.15, -0.1) is 0 Å². The molecule has 1 atom stereocenters. The van der Waals surface area contributed by atoms with E-state index in [2.05, 4.69) is 24.5 Å². The molecule has 0 aromatic heterocycles. The SMILES string of the molecule is CC(C)CCNC(=O)[C@@H](C)NC(=O)C1CCCC1. The first kappa shape index (κ1) is 15.0. The van der Waals surface area contributed by atoms with Gasteiger partial charge in [-0.05, 0) is 32.1 Å². The van der Waals surface area contributed by atoms with Gasteiger partial charge in [-0.2, -0.15) is 0 Å². The average Bonchev–Trinajstić information content (AvgIpc) is 2.81. The Labute approximate surface area is 110 Å². The van der Waals surface area contributed by atoms with Gasteiger partial charge in [0, 0.05) is 12.5 Å². The molecule has 0 radical (unpaired) electrons. The molecule has 0 aliphatic heterocycles. The number of hydrogen-bond acceptors (Lipinski definition) is 2. The number of amides is 2. The highest BCUT2D eigenvalue weighted by Crippen LogP contribution is 2.24. The predicted molar refractivity (Wildman–Crippen MR) is 72.0 cm³/mol. The molecule has 1 saturated carbocycles. The van der Waals surface area contributed by atoms with Crippen LogP contribution in [0.3, 0.4) is 0 Å². The molecule has 0 aromatic rings. The zero-order valence-corrected chi connectivity index (χ0v) is 11.8. The topological polar surface area (TPSA) is 58.2 Å². The van der Waals surface area contributed by atoms with Crippen molar-refractivity contribution in [2.45, 2.75) is 58.9 Å². The van der Waals surface area contributed by atoms with Gasteiger partial charge in [-0.3, -0.25) is 9.59 Å². The summed E-state index contributed by atoms with van der Waals surface area (Å²) >= 11 is 0. The fourth-order valence-corrected chi connectivity index (χ4v) is 2.22. The molecule has 2 N–H and O–H groups in total. The van der Waals surface area contributed by atoms with E-state index >= 15 is 0 Å². The molecule has 0 bridgehead atoms. The van der Waals surface area contributed by atoms with Crippen molar-refractivity contribution in [2.24, 2.45) is 11.8 Å². The third kappa shape index (κ3) is 5.07. The Morgan fingerprint density at radius 3 is 2.33 bits per heavy atom. The molecule has 1 rings (SSSR count). The van der Waals surface area contributed by atoms with E-state index in [-0.39, 0.29) is 17.7 Å². The maximum absolute atomic E-state index is 11.9. The largest absolute Gasteiger partial charge is 0.354 e. The summed E-state index contributed by atoms with van der Waals surface area (Å²) < 4.78 is 0. The quantitative estimate of drug-likeness (QED) is 0.760. The summed E-state index contributed by atoms with van der Waals surface area (Å²) in [7, 11) is 0. The van der Waals surface area contributed by atoms with Gasteiger partial charge in [0.1, 0.15) is 6.04 Å². The number of nitrogens with one attached hydrogen (secondary N) is 2. The molecule has 104 valence electrons. The Hall–Kier alpha value is -1.06. The first-order valence-electron chi connectivity index (χ1n) is 7.08. The van der Waals surface area contributed by atoms with Crippen molar-refractivity contribution in [2.75, 3.05) is 6.54 Å². The Morgan fingerprint density at radius 1 is 1.17 bits per heavy atom. The van der Waals surface area contributed by atoms with Crippen molar-refractivity contribution >= 4 is 11.8 Å². The maximum atomic E-state index is 11.9. The van der Waals surface area contributed by atoms with Crippen molar-refractivity contribution < 1.29 is 9.59 Å². The summed E-state index contributed by atoms with van der Waals surface area (Å²) in [4.78, 5) is 23.6. The third-order valence-corrected chi connectivity index (χ3v) is 3.50. The van der Waals surface area contributed by atoms with Gasteiger partial charge in [-0.25, -0.2) is 0 Å². The van der Waals surface area contributed by atoms with Crippen LogP contribution < -0.4 is 10.6 Å². The molecule has 2 amide bonds. The summed E-state index contributed by atoms with van der Waals surface area (Å²) in [5.41, 5.74) is 0. The molecule has 0 unspecified atom stereocenters. The Balaban J connectivity index is 2.23. The van der Waals surface area contributed by atoms with Crippen molar-refractivity contribution in [3.05, 3.63) is 0 Å². The highest BCUT2D eigenvalue weighted by Gasteiger charge is 2.25. The van der Waals surface area contributed by atoms with E-state index in [1.807, 2.05) is 0 Å². The maximum Gasteiger partial charge on any atom is 0.242 e. The Bertz CT molecular complexity index is 284. The summed E-state index contributed by atoms with van der Waals surface area (Å²) in [6, 6.07) is -0.426. The van der Waals surface area contributed by atoms with E-state index in [9.17, 15) is 9.59 Å². The second-order valence-electron chi connectivity index (χ2n) is 5.69. The van der Waals surface area contributed by atoms with Crippen LogP contribution in [0.25, 0.3) is 0 Å². The highest BCUT2D eigenvalue weighted by molar-refractivity contribution is 5.88. The summed E-state index contributed by atoms with van der Waals surface area (Å²) in [5, 5.41) is 5.66. The zero-order valence-electron chi connectivity index (χ0n) is 11.8. The fourth-order valence-electron chi connectivity index (χ4n) is 2.22. The monoisotopic (exact) mass is 254 g/mol. The molecule has 1 aliphatic carbocycles. The van der Waals surface area contributed by atoms with Crippen LogP contribution in [0, 0.1) is 11.8 Å². The van der Waals surface area contributed by atoms with Crippen LogP contribution >= 0.6 is 0 Å². The van der Waals surface area contributed by atoms with E-state index in [4.69, 9.17) is 0 Å². The van der Waals surface area contributed by atoms with E-state index in [1.165, 1.54) is 0 Å². The van der Waals surface area contributed by atoms with E-state index in [1.54, 1.807) is 6.92 Å². The predicted octanol–water partition coefficient (Wildman–Crippen LogP) is 1.84. The molecule has 0 saturated heterocycles. The molecule has 1 aliphatic rings. The fraction of sp³-hybridized carbons (Fsp3) is 0.857. The third-order valence-electron chi connectivity index (χ3n) is 3.50. The van der Waals surface area contributed by atoms with Gasteiger partial charge >= 0.3 is 0 Å². The van der Waals surface area contributed by atoms with Crippen LogP contribution in [-0.4, -0.2) is 24.4 Å². The van der Waals surface area contributed by atoms with Gasteiger partial charge in [0.15, 0.2) is 0 Å². The minimum atomic E-state index is -0.426. The number of hydrogen-bond donors (Lipinski definition) is 2. The van der Waals surface area contributed by atoms with Gasteiger partial charge in [0.25, 0.3) is 0 Å². The highest BCUT2D eigenvalue weighted by atomic mass is 16.2. The second kappa shape index (κ2) is 7.39. The van der Waals surface area contributed by atoms with E-state index in [0.29, 0.717) is 12.5 Å². The lowest BCUT2D eigenvalue weighted by Crippen LogP contribution is -2.46. The number of carbonyl (C=O) groups is 2. The number of carbonyl (C=O) groups excluding carboxylic acids is 2. The number of rotatable bonds is 6. The molecular weight excluding hydrogens is 228 g/mol. The van der Waals surface area contributed by atoms with Gasteiger partial charge < -0.3 is 10.6 Å². The minimum absolute atomic E-state index is 0.0407. The second-order valence-corrected chi connectivity index (χ2v) is 5.69. The van der Waals surface area contributed by atoms with Crippen molar-refractivity contribution in [3.63, 3.8) is 0 Å². The molecule has 1 fully saturated rings. The lowest BCUT2D eigenvalue weighted by molar-refractivity contribution is -0.130. The Morgan fingerprint density at radius 2 is 1.78 bits per heavy atom. The van der Waals surface area contributed by atoms with Crippen molar-refractivity contribution in [3.8, 4) is 0 Å². The average molecular weight is 254 g/mol. The minimum Gasteiger partial charge on any atom is -0.354 e. The van der Waals surface area contributed by atoms with Crippen LogP contribution in [0.4, 0.5) is 0 Å². The van der Waals surface area contributed by atoms with Crippen LogP contribution in [0.2, 0.25) is 0 Å². The Kier molecular flexibility index (Phi) is 6.16. The summed E-state index contributed by atoms with van der Waals surface area (Å²) in [6.45, 7) is 6.67. The van der Waals surface area contributed by atoms with Crippen molar-refractivity contribution in [1.82, 2.24) is 10.6 Å². The van der Waals surface area contributed by atoms with Crippen LogP contribution in [0.15, 0.2) is 0 Å². The summed E-state index contributed by atoms with van der Waals surface area (Å²) in [6.07, 6.45) is 5.16. The van der Waals surface area contributed by atoms with Gasteiger partial charge in [0.2, 0.25) is 11.8 Å². The summed E-state index contributed by atoms with van der Waals surface area (Å²) in [5.74, 6) is 0.658. The van der Waals surface area contributed by atoms with Crippen LogP contribution in [-0.2, 0) is 9.59 Å². The van der Waals surface area contributed by atoms with Crippen LogP contribution in [0.1, 0.15) is 52.9 Å². The molecule has 4 heteroatoms. The first-order chi connectivity index (χ1) is 8.50. The molecule has 18 heavy (non-hydrogen) atoms. The lowest BCUT2D eigenvalue weighted by atomic mass is 10.1. The van der Waals surface area contributed by atoms with E-state index < -0.39 is 6.04 Å². The van der Waals surface area contributed by atoms with E-state index in [0.717, 1.165) is 32.1 Å². The molecular formula is C14H26N2O2. The molecule has 0 heterocycles. The standard InChI is InChI=1S/C14H26N2O2/c1-10(2)8-9-15-13(17)11(3)16-14(18)12-6-4-5-7-12/h10-12H,4-9H2,1-3H3,(H,15,17)(H,16,18)/t11-/m1/s1. The molecule has 0 aromatic carbocycles. The first-order valence-corrected chi connectivity index (χ1v) is 7.08.